The summed E-state index contributed by atoms with van der Waals surface area (Å²) in [5.74, 6) is 0.347. The van der Waals surface area contributed by atoms with E-state index in [9.17, 15) is 4.79 Å². The van der Waals surface area contributed by atoms with Gasteiger partial charge in [-0.25, -0.2) is 4.98 Å². The molecule has 0 saturated carbocycles. The van der Waals surface area contributed by atoms with Crippen molar-refractivity contribution in [1.82, 2.24) is 9.88 Å². The van der Waals surface area contributed by atoms with Gasteiger partial charge in [0, 0.05) is 18.6 Å². The topological polar surface area (TPSA) is 71.2 Å². The fourth-order valence-corrected chi connectivity index (χ4v) is 3.66. The highest BCUT2D eigenvalue weighted by molar-refractivity contribution is 7.18. The van der Waals surface area contributed by atoms with E-state index >= 15 is 0 Å². The molecule has 118 valence electrons. The van der Waals surface area contributed by atoms with Gasteiger partial charge in [0.25, 0.3) is 5.91 Å². The van der Waals surface area contributed by atoms with Gasteiger partial charge in [0.15, 0.2) is 5.13 Å². The molecule has 1 aromatic heterocycles. The second-order valence-corrected chi connectivity index (χ2v) is 8.60. The third kappa shape index (κ3) is 4.09. The van der Waals surface area contributed by atoms with Crippen LogP contribution in [0.5, 0.6) is 0 Å². The van der Waals surface area contributed by atoms with Gasteiger partial charge in [0.2, 0.25) is 0 Å². The van der Waals surface area contributed by atoms with Crippen LogP contribution in [0, 0.1) is 5.41 Å². The number of nitrogens with zero attached hydrogens (tertiary/aromatic N) is 2. The minimum atomic E-state index is -0.0995. The van der Waals surface area contributed by atoms with Crippen molar-refractivity contribution in [3.8, 4) is 0 Å². The van der Waals surface area contributed by atoms with Crippen molar-refractivity contribution in [1.29, 1.82) is 0 Å². The molecule has 0 aliphatic carbocycles. The zero-order chi connectivity index (χ0) is 15.8. The number of nitrogens with two attached hydrogens (primary N) is 1. The highest BCUT2D eigenvalue weighted by Gasteiger charge is 2.31. The lowest BCUT2D eigenvalue weighted by Gasteiger charge is -2.37. The molecule has 0 unspecified atom stereocenters. The average molecular weight is 310 g/mol. The molecule has 1 aromatic rings. The SMILES string of the molecule is CC1(C)CCCN(C(=O)c2sc(NC(C)(C)C)nc2N)C1. The van der Waals surface area contributed by atoms with Gasteiger partial charge in [-0.3, -0.25) is 4.79 Å². The second kappa shape index (κ2) is 5.48. The number of nitrogens with one attached hydrogen (secondary N) is 1. The maximum Gasteiger partial charge on any atom is 0.267 e. The molecule has 2 heterocycles. The second-order valence-electron chi connectivity index (χ2n) is 7.60. The number of amides is 1. The van der Waals surface area contributed by atoms with Crippen molar-refractivity contribution in [2.75, 3.05) is 24.1 Å². The normalized spacial score (nSPS) is 18.6. The fourth-order valence-electron chi connectivity index (χ4n) is 2.60. The van der Waals surface area contributed by atoms with Crippen LogP contribution in [-0.4, -0.2) is 34.4 Å². The van der Waals surface area contributed by atoms with Crippen LogP contribution in [0.1, 0.15) is 57.1 Å². The smallest absolute Gasteiger partial charge is 0.267 e. The van der Waals surface area contributed by atoms with Gasteiger partial charge in [-0.15, -0.1) is 0 Å². The molecular formula is C15H26N4OS. The Morgan fingerprint density at radius 1 is 1.43 bits per heavy atom. The molecule has 21 heavy (non-hydrogen) atoms. The molecule has 0 bridgehead atoms. The number of thiazole rings is 1. The fraction of sp³-hybridized carbons (Fsp3) is 0.733. The quantitative estimate of drug-likeness (QED) is 0.880. The largest absolute Gasteiger partial charge is 0.382 e. The van der Waals surface area contributed by atoms with E-state index in [1.807, 2.05) is 4.90 Å². The lowest BCUT2D eigenvalue weighted by molar-refractivity contribution is 0.0589. The summed E-state index contributed by atoms with van der Waals surface area (Å²) >= 11 is 1.35. The van der Waals surface area contributed by atoms with Crippen LogP contribution in [-0.2, 0) is 0 Å². The first-order valence-electron chi connectivity index (χ1n) is 7.41. The summed E-state index contributed by atoms with van der Waals surface area (Å²) < 4.78 is 0. The van der Waals surface area contributed by atoms with E-state index in [1.165, 1.54) is 11.3 Å². The van der Waals surface area contributed by atoms with E-state index < -0.39 is 0 Å². The van der Waals surface area contributed by atoms with E-state index in [0.717, 1.165) is 25.9 Å². The Morgan fingerprint density at radius 2 is 2.10 bits per heavy atom. The number of piperidine rings is 1. The van der Waals surface area contributed by atoms with Gasteiger partial charge in [-0.05, 0) is 39.0 Å². The lowest BCUT2D eigenvalue weighted by atomic mass is 9.84. The molecule has 0 aromatic carbocycles. The number of anilines is 2. The molecule has 0 radical (unpaired) electrons. The van der Waals surface area contributed by atoms with Crippen molar-refractivity contribution in [3.63, 3.8) is 0 Å². The van der Waals surface area contributed by atoms with Crippen LogP contribution in [0.25, 0.3) is 0 Å². The summed E-state index contributed by atoms with van der Waals surface area (Å²) in [6, 6.07) is 0. The molecule has 5 nitrogen and oxygen atoms in total. The molecule has 2 rings (SSSR count). The van der Waals surface area contributed by atoms with Crippen LogP contribution >= 0.6 is 11.3 Å². The first-order chi connectivity index (χ1) is 9.57. The Morgan fingerprint density at radius 3 is 2.67 bits per heavy atom. The van der Waals surface area contributed by atoms with Crippen LogP contribution in [0.2, 0.25) is 0 Å². The molecule has 1 amide bonds. The molecular weight excluding hydrogens is 284 g/mol. The summed E-state index contributed by atoms with van der Waals surface area (Å²) in [4.78, 5) is 19.4. The Balaban J connectivity index is 2.16. The van der Waals surface area contributed by atoms with E-state index in [0.29, 0.717) is 15.8 Å². The minimum absolute atomic E-state index is 0.0136. The highest BCUT2D eigenvalue weighted by atomic mass is 32.1. The summed E-state index contributed by atoms with van der Waals surface area (Å²) in [5.41, 5.74) is 6.03. The number of hydrogen-bond acceptors (Lipinski definition) is 5. The number of nitrogen functional groups attached to an aromatic ring is 1. The van der Waals surface area contributed by atoms with Crippen molar-refractivity contribution < 1.29 is 4.79 Å². The molecule has 1 saturated heterocycles. The van der Waals surface area contributed by atoms with Crippen molar-refractivity contribution >= 4 is 28.2 Å². The number of carbonyl (C=O) groups is 1. The summed E-state index contributed by atoms with van der Waals surface area (Å²) in [5, 5.41) is 3.98. The first kappa shape index (κ1) is 16.1. The molecule has 1 aliphatic heterocycles. The standard InChI is InChI=1S/C15H26N4OS/c1-14(2,3)18-13-17-11(16)10(21-13)12(20)19-8-6-7-15(4,5)9-19/h6-9,16H2,1-5H3,(H,17,18). The van der Waals surface area contributed by atoms with E-state index in [4.69, 9.17) is 5.73 Å². The van der Waals surface area contributed by atoms with Crippen LogP contribution in [0.4, 0.5) is 10.9 Å². The number of rotatable bonds is 2. The zero-order valence-corrected chi connectivity index (χ0v) is 14.4. The van der Waals surface area contributed by atoms with Gasteiger partial charge in [0.05, 0.1) is 0 Å². The van der Waals surface area contributed by atoms with E-state index in [-0.39, 0.29) is 16.9 Å². The average Bonchev–Trinajstić information content (AvgIpc) is 2.65. The number of likely N-dealkylation sites (tertiary alicyclic amines) is 1. The molecule has 1 aliphatic rings. The predicted molar refractivity (Wildman–Crippen MR) is 88.8 cm³/mol. The molecule has 6 heteroatoms. The van der Waals surface area contributed by atoms with Crippen molar-refractivity contribution in [3.05, 3.63) is 4.88 Å². The summed E-state index contributed by atoms with van der Waals surface area (Å²) in [7, 11) is 0. The van der Waals surface area contributed by atoms with Crippen LogP contribution in [0.15, 0.2) is 0 Å². The van der Waals surface area contributed by atoms with Gasteiger partial charge < -0.3 is 16.0 Å². The van der Waals surface area contributed by atoms with Gasteiger partial charge >= 0.3 is 0 Å². The maximum atomic E-state index is 12.7. The number of carbonyl (C=O) groups excluding carboxylic acids is 1. The number of hydrogen-bond donors (Lipinski definition) is 2. The van der Waals surface area contributed by atoms with Crippen LogP contribution < -0.4 is 11.1 Å². The molecule has 0 atom stereocenters. The predicted octanol–water partition coefficient (Wildman–Crippen LogP) is 3.20. The molecule has 0 spiro atoms. The lowest BCUT2D eigenvalue weighted by Crippen LogP contribution is -2.43. The van der Waals surface area contributed by atoms with Gasteiger partial charge in [-0.2, -0.15) is 0 Å². The Hall–Kier alpha value is -1.30. The Bertz CT molecular complexity index is 530. The monoisotopic (exact) mass is 310 g/mol. The van der Waals surface area contributed by atoms with E-state index in [1.54, 1.807) is 0 Å². The summed E-state index contributed by atoms with van der Waals surface area (Å²) in [6.07, 6.45) is 2.20. The summed E-state index contributed by atoms with van der Waals surface area (Å²) in [6.45, 7) is 12.2. The van der Waals surface area contributed by atoms with E-state index in [2.05, 4.69) is 44.9 Å². The van der Waals surface area contributed by atoms with Crippen molar-refractivity contribution in [2.45, 2.75) is 53.0 Å². The van der Waals surface area contributed by atoms with Gasteiger partial charge in [0.1, 0.15) is 10.7 Å². The minimum Gasteiger partial charge on any atom is -0.382 e. The molecule has 1 fully saturated rings. The van der Waals surface area contributed by atoms with Crippen LogP contribution in [0.3, 0.4) is 0 Å². The Labute approximate surface area is 130 Å². The van der Waals surface area contributed by atoms with Gasteiger partial charge in [-0.1, -0.05) is 25.2 Å². The number of aromatic nitrogens is 1. The maximum absolute atomic E-state index is 12.7. The molecule has 3 N–H and O–H groups in total. The highest BCUT2D eigenvalue weighted by Crippen LogP contribution is 2.32. The third-order valence-electron chi connectivity index (χ3n) is 3.52. The Kier molecular flexibility index (Phi) is 4.19. The zero-order valence-electron chi connectivity index (χ0n) is 13.6. The first-order valence-corrected chi connectivity index (χ1v) is 8.23. The third-order valence-corrected chi connectivity index (χ3v) is 4.49. The van der Waals surface area contributed by atoms with Crippen molar-refractivity contribution in [2.24, 2.45) is 5.41 Å².